The summed E-state index contributed by atoms with van der Waals surface area (Å²) < 4.78 is 0. The summed E-state index contributed by atoms with van der Waals surface area (Å²) in [6.45, 7) is 9.67. The van der Waals surface area contributed by atoms with Crippen molar-refractivity contribution in [2.75, 3.05) is 4.90 Å². The molecule has 0 unspecified atom stereocenters. The first-order valence-corrected chi connectivity index (χ1v) is 17.3. The monoisotopic (exact) mass is 631 g/mol. The third-order valence-electron chi connectivity index (χ3n) is 11.0. The van der Waals surface area contributed by atoms with E-state index in [2.05, 4.69) is 209 Å². The second-order valence-corrected chi connectivity index (χ2v) is 14.3. The zero-order valence-electron chi connectivity index (χ0n) is 28.7. The molecule has 0 radical (unpaired) electrons. The molecule has 1 aliphatic rings. The zero-order chi connectivity index (χ0) is 33.6. The van der Waals surface area contributed by atoms with Crippen LogP contribution in [-0.2, 0) is 10.8 Å². The highest BCUT2D eigenvalue weighted by molar-refractivity contribution is 5.85. The second-order valence-electron chi connectivity index (χ2n) is 14.3. The fourth-order valence-electron chi connectivity index (χ4n) is 7.56. The van der Waals surface area contributed by atoms with Crippen molar-refractivity contribution in [2.24, 2.45) is 0 Å². The van der Waals surface area contributed by atoms with Gasteiger partial charge in [0.05, 0.1) is 0 Å². The molecule has 0 fully saturated rings. The Hall–Kier alpha value is -5.66. The van der Waals surface area contributed by atoms with Crippen LogP contribution in [0.3, 0.4) is 0 Å². The van der Waals surface area contributed by atoms with Crippen LogP contribution in [0.4, 0.5) is 17.1 Å². The van der Waals surface area contributed by atoms with E-state index in [1.54, 1.807) is 0 Å². The molecule has 0 bridgehead atoms. The van der Waals surface area contributed by atoms with Gasteiger partial charge in [-0.3, -0.25) is 0 Å². The van der Waals surface area contributed by atoms with Gasteiger partial charge >= 0.3 is 0 Å². The van der Waals surface area contributed by atoms with E-state index in [0.717, 1.165) is 17.1 Å². The molecule has 7 aromatic carbocycles. The van der Waals surface area contributed by atoms with Gasteiger partial charge in [-0.25, -0.2) is 0 Å². The van der Waals surface area contributed by atoms with Crippen LogP contribution in [0.15, 0.2) is 176 Å². The molecule has 0 spiro atoms. The number of hydrogen-bond acceptors (Lipinski definition) is 1. The fourth-order valence-corrected chi connectivity index (χ4v) is 7.56. The van der Waals surface area contributed by atoms with E-state index < -0.39 is 0 Å². The molecule has 0 atom stereocenters. The van der Waals surface area contributed by atoms with Crippen LogP contribution in [-0.4, -0.2) is 0 Å². The maximum atomic E-state index is 2.45. The lowest BCUT2D eigenvalue weighted by Crippen LogP contribution is -2.43. The first-order valence-electron chi connectivity index (χ1n) is 17.3. The summed E-state index contributed by atoms with van der Waals surface area (Å²) in [5.41, 5.74) is 16.1. The minimum atomic E-state index is -0.0911. The Balaban J connectivity index is 1.22. The van der Waals surface area contributed by atoms with Crippen LogP contribution in [0.2, 0.25) is 0 Å². The lowest BCUT2D eigenvalue weighted by Gasteiger charge is -2.48. The molecule has 1 heteroatoms. The van der Waals surface area contributed by atoms with Crippen molar-refractivity contribution in [3.63, 3.8) is 0 Å². The van der Waals surface area contributed by atoms with E-state index in [-0.39, 0.29) is 10.8 Å². The topological polar surface area (TPSA) is 3.24 Å². The molecule has 238 valence electrons. The molecular weight excluding hydrogens is 591 g/mol. The number of benzene rings is 7. The third kappa shape index (κ3) is 5.36. The molecule has 7 aromatic rings. The Morgan fingerprint density at radius 2 is 0.653 bits per heavy atom. The van der Waals surface area contributed by atoms with Crippen molar-refractivity contribution in [1.29, 1.82) is 0 Å². The third-order valence-corrected chi connectivity index (χ3v) is 11.0. The normalized spacial score (nSPS) is 14.0. The van der Waals surface area contributed by atoms with Gasteiger partial charge in [-0.2, -0.15) is 0 Å². The van der Waals surface area contributed by atoms with Crippen molar-refractivity contribution < 1.29 is 0 Å². The standard InChI is InChI=1S/C48H41N/c1-47(2)45-32-38(35-18-10-6-11-19-35)26-28-43(45)44-29-27-39(33-46(44)48(47,3)4)37-21-15-25-42(31-37)49(40-22-12-7-13-23-40)41-24-14-20-36(30-41)34-16-8-5-9-17-34/h5-33H,1-4H3. The Morgan fingerprint density at radius 1 is 0.306 bits per heavy atom. The van der Waals surface area contributed by atoms with Crippen LogP contribution < -0.4 is 4.90 Å². The molecule has 8 rings (SSSR count). The number of anilines is 3. The highest BCUT2D eigenvalue weighted by atomic mass is 15.1. The Bertz CT molecular complexity index is 2260. The SMILES string of the molecule is CC1(C)c2cc(-c3ccccc3)ccc2-c2ccc(-c3cccc(N(c4ccccc4)c4cccc(-c5ccccc5)c4)c3)cc2C1(C)C. The summed E-state index contributed by atoms with van der Waals surface area (Å²) in [6, 6.07) is 64.0. The van der Waals surface area contributed by atoms with Gasteiger partial charge in [0.25, 0.3) is 0 Å². The first kappa shape index (κ1) is 30.7. The minimum Gasteiger partial charge on any atom is -0.310 e. The van der Waals surface area contributed by atoms with Crippen molar-refractivity contribution in [3.05, 3.63) is 187 Å². The molecule has 1 nitrogen and oxygen atoms in total. The van der Waals surface area contributed by atoms with Gasteiger partial charge in [0, 0.05) is 17.1 Å². The van der Waals surface area contributed by atoms with Gasteiger partial charge in [0.1, 0.15) is 0 Å². The molecule has 0 amide bonds. The lowest BCUT2D eigenvalue weighted by atomic mass is 9.55. The van der Waals surface area contributed by atoms with Crippen LogP contribution in [0.5, 0.6) is 0 Å². The van der Waals surface area contributed by atoms with Crippen LogP contribution in [0, 0.1) is 0 Å². The number of fused-ring (bicyclic) bond motifs is 3. The van der Waals surface area contributed by atoms with Crippen molar-refractivity contribution >= 4 is 17.1 Å². The van der Waals surface area contributed by atoms with Gasteiger partial charge in [-0.15, -0.1) is 0 Å². The van der Waals surface area contributed by atoms with E-state index in [0.29, 0.717) is 0 Å². The molecule has 1 aliphatic carbocycles. The van der Waals surface area contributed by atoms with E-state index in [4.69, 9.17) is 0 Å². The maximum absolute atomic E-state index is 2.45. The average Bonchev–Trinajstić information content (AvgIpc) is 3.15. The van der Waals surface area contributed by atoms with E-state index >= 15 is 0 Å². The fraction of sp³-hybridized carbons (Fsp3) is 0.125. The van der Waals surface area contributed by atoms with Crippen molar-refractivity contribution in [1.82, 2.24) is 0 Å². The highest BCUT2D eigenvalue weighted by Gasteiger charge is 2.46. The summed E-state index contributed by atoms with van der Waals surface area (Å²) >= 11 is 0. The molecule has 0 saturated carbocycles. The van der Waals surface area contributed by atoms with Gasteiger partial charge in [-0.1, -0.05) is 155 Å². The smallest absolute Gasteiger partial charge is 0.0467 e. The first-order chi connectivity index (χ1) is 23.8. The Morgan fingerprint density at radius 3 is 1.12 bits per heavy atom. The van der Waals surface area contributed by atoms with E-state index in [1.807, 2.05) is 0 Å². The lowest BCUT2D eigenvalue weighted by molar-refractivity contribution is 0.299. The summed E-state index contributed by atoms with van der Waals surface area (Å²) in [6.07, 6.45) is 0. The van der Waals surface area contributed by atoms with E-state index in [9.17, 15) is 0 Å². The summed E-state index contributed by atoms with van der Waals surface area (Å²) in [5.74, 6) is 0. The van der Waals surface area contributed by atoms with Gasteiger partial charge < -0.3 is 4.90 Å². The van der Waals surface area contributed by atoms with Crippen LogP contribution >= 0.6 is 0 Å². The van der Waals surface area contributed by atoms with Crippen LogP contribution in [0.25, 0.3) is 44.5 Å². The predicted octanol–water partition coefficient (Wildman–Crippen LogP) is 13.4. The average molecular weight is 632 g/mol. The van der Waals surface area contributed by atoms with E-state index in [1.165, 1.54) is 55.6 Å². The molecule has 0 aromatic heterocycles. The number of para-hydroxylation sites is 1. The zero-order valence-corrected chi connectivity index (χ0v) is 28.7. The highest BCUT2D eigenvalue weighted by Crippen LogP contribution is 2.55. The van der Waals surface area contributed by atoms with Gasteiger partial charge in [-0.05, 0) is 115 Å². The summed E-state index contributed by atoms with van der Waals surface area (Å²) in [5, 5.41) is 0. The van der Waals surface area contributed by atoms with Crippen LogP contribution in [0.1, 0.15) is 38.8 Å². The Labute approximate surface area is 291 Å². The van der Waals surface area contributed by atoms with Gasteiger partial charge in [0.15, 0.2) is 0 Å². The van der Waals surface area contributed by atoms with Gasteiger partial charge in [0.2, 0.25) is 0 Å². The van der Waals surface area contributed by atoms with Crippen molar-refractivity contribution in [3.8, 4) is 44.5 Å². The maximum Gasteiger partial charge on any atom is 0.0467 e. The molecular formula is C48H41N. The minimum absolute atomic E-state index is 0.0749. The largest absolute Gasteiger partial charge is 0.310 e. The number of hydrogen-bond donors (Lipinski definition) is 0. The molecule has 0 saturated heterocycles. The number of rotatable bonds is 6. The molecule has 49 heavy (non-hydrogen) atoms. The summed E-state index contributed by atoms with van der Waals surface area (Å²) in [4.78, 5) is 2.36. The van der Waals surface area contributed by atoms with Crippen molar-refractivity contribution in [2.45, 2.75) is 38.5 Å². The second kappa shape index (κ2) is 12.1. The quantitative estimate of drug-likeness (QED) is 0.176. The molecule has 0 N–H and O–H groups in total. The number of nitrogens with zero attached hydrogens (tertiary/aromatic N) is 1. The predicted molar refractivity (Wildman–Crippen MR) is 209 cm³/mol. The summed E-state index contributed by atoms with van der Waals surface area (Å²) in [7, 11) is 0. The molecule has 0 heterocycles. The molecule has 0 aliphatic heterocycles. The Kier molecular flexibility index (Phi) is 7.57.